The van der Waals surface area contributed by atoms with Crippen molar-refractivity contribution in [2.24, 2.45) is 0 Å². The smallest absolute Gasteiger partial charge is 0.335 e. The lowest BCUT2D eigenvalue weighted by atomic mass is 10.2. The number of carbonyl (C=O) groups is 1. The Hall–Kier alpha value is -2.37. The van der Waals surface area contributed by atoms with Crippen molar-refractivity contribution in [3.8, 4) is 11.4 Å². The monoisotopic (exact) mass is 275 g/mol. The summed E-state index contributed by atoms with van der Waals surface area (Å²) in [5.41, 5.74) is 0.849. The first-order valence-electron chi connectivity index (χ1n) is 6.29. The molecule has 6 heteroatoms. The van der Waals surface area contributed by atoms with Gasteiger partial charge in [0.05, 0.1) is 12.7 Å². The van der Waals surface area contributed by atoms with E-state index < -0.39 is 5.97 Å². The molecule has 0 aliphatic rings. The molecule has 6 nitrogen and oxygen atoms in total. The number of rotatable bonds is 4. The minimum atomic E-state index is -0.993. The standard InChI is InChI=1S/C14H17N3O3/c1-8(2)13-15-9(3)17(16-13)11-6-5-10(14(18)19)7-12(11)20-4/h5-8H,1-4H3,(H,18,19). The highest BCUT2D eigenvalue weighted by Crippen LogP contribution is 2.25. The van der Waals surface area contributed by atoms with Gasteiger partial charge in [0.15, 0.2) is 5.82 Å². The van der Waals surface area contributed by atoms with Crippen molar-refractivity contribution in [1.82, 2.24) is 14.8 Å². The maximum atomic E-state index is 11.0. The molecule has 1 heterocycles. The molecule has 2 aromatic rings. The molecule has 1 aromatic carbocycles. The average Bonchev–Trinajstić information content (AvgIpc) is 2.80. The van der Waals surface area contributed by atoms with Crippen LogP contribution in [0.4, 0.5) is 0 Å². The summed E-state index contributed by atoms with van der Waals surface area (Å²) < 4.78 is 6.93. The fraction of sp³-hybridized carbons (Fsp3) is 0.357. The molecule has 0 saturated heterocycles. The van der Waals surface area contributed by atoms with Crippen molar-refractivity contribution in [1.29, 1.82) is 0 Å². The van der Waals surface area contributed by atoms with Gasteiger partial charge in [0.25, 0.3) is 0 Å². The number of aryl methyl sites for hydroxylation is 1. The number of aromatic carboxylic acids is 1. The summed E-state index contributed by atoms with van der Waals surface area (Å²) in [6.45, 7) is 5.89. The molecule has 0 aliphatic carbocycles. The molecule has 20 heavy (non-hydrogen) atoms. The van der Waals surface area contributed by atoms with Crippen LogP contribution in [0.3, 0.4) is 0 Å². The van der Waals surface area contributed by atoms with E-state index in [1.165, 1.54) is 19.2 Å². The van der Waals surface area contributed by atoms with E-state index in [9.17, 15) is 4.79 Å². The minimum absolute atomic E-state index is 0.174. The van der Waals surface area contributed by atoms with Gasteiger partial charge in [-0.2, -0.15) is 5.10 Å². The molecule has 0 amide bonds. The van der Waals surface area contributed by atoms with Crippen LogP contribution in [0.5, 0.6) is 5.75 Å². The number of aromatic nitrogens is 3. The normalized spacial score (nSPS) is 10.8. The highest BCUT2D eigenvalue weighted by molar-refractivity contribution is 5.88. The Balaban J connectivity index is 2.54. The fourth-order valence-corrected chi connectivity index (χ4v) is 1.87. The molecule has 0 spiro atoms. The Labute approximate surface area is 117 Å². The van der Waals surface area contributed by atoms with Crippen LogP contribution < -0.4 is 4.74 Å². The highest BCUT2D eigenvalue weighted by atomic mass is 16.5. The second kappa shape index (κ2) is 5.32. The second-order valence-electron chi connectivity index (χ2n) is 4.78. The van der Waals surface area contributed by atoms with Gasteiger partial charge in [0.1, 0.15) is 17.3 Å². The third-order valence-electron chi connectivity index (χ3n) is 2.96. The van der Waals surface area contributed by atoms with Crippen LogP contribution in [-0.4, -0.2) is 33.0 Å². The van der Waals surface area contributed by atoms with Gasteiger partial charge in [0.2, 0.25) is 0 Å². The SMILES string of the molecule is COc1cc(C(=O)O)ccc1-n1nc(C(C)C)nc1C. The van der Waals surface area contributed by atoms with Gasteiger partial charge in [-0.15, -0.1) is 0 Å². The summed E-state index contributed by atoms with van der Waals surface area (Å²) in [7, 11) is 1.50. The Bertz CT molecular complexity index is 647. The van der Waals surface area contributed by atoms with E-state index in [4.69, 9.17) is 9.84 Å². The molecule has 0 atom stereocenters. The van der Waals surface area contributed by atoms with E-state index in [1.54, 1.807) is 10.7 Å². The second-order valence-corrected chi connectivity index (χ2v) is 4.78. The first kappa shape index (κ1) is 14.0. The molecule has 2 rings (SSSR count). The lowest BCUT2D eigenvalue weighted by molar-refractivity contribution is 0.0696. The molecule has 0 bridgehead atoms. The van der Waals surface area contributed by atoms with Crippen LogP contribution in [0.2, 0.25) is 0 Å². The Morgan fingerprint density at radius 1 is 1.40 bits per heavy atom. The summed E-state index contributed by atoms with van der Waals surface area (Å²) in [5.74, 6) is 1.16. The number of carboxylic acid groups (broad SMARTS) is 1. The Kier molecular flexibility index (Phi) is 3.74. The zero-order valence-corrected chi connectivity index (χ0v) is 11.9. The van der Waals surface area contributed by atoms with Crippen molar-refractivity contribution < 1.29 is 14.6 Å². The quantitative estimate of drug-likeness (QED) is 0.927. The summed E-state index contributed by atoms with van der Waals surface area (Å²) in [4.78, 5) is 15.4. The molecule has 0 unspecified atom stereocenters. The van der Waals surface area contributed by atoms with Crippen molar-refractivity contribution in [3.63, 3.8) is 0 Å². The van der Waals surface area contributed by atoms with Crippen LogP contribution in [0, 0.1) is 6.92 Å². The molecule has 0 saturated carbocycles. The first-order chi connectivity index (χ1) is 9.43. The van der Waals surface area contributed by atoms with Gasteiger partial charge >= 0.3 is 5.97 Å². The predicted molar refractivity (Wildman–Crippen MR) is 73.7 cm³/mol. The van der Waals surface area contributed by atoms with Crippen LogP contribution >= 0.6 is 0 Å². The van der Waals surface area contributed by atoms with Gasteiger partial charge in [-0.3, -0.25) is 0 Å². The topological polar surface area (TPSA) is 77.2 Å². The molecule has 0 fully saturated rings. The predicted octanol–water partition coefficient (Wildman–Crippen LogP) is 2.41. The van der Waals surface area contributed by atoms with E-state index >= 15 is 0 Å². The van der Waals surface area contributed by atoms with Crippen LogP contribution in [0.15, 0.2) is 18.2 Å². The zero-order valence-electron chi connectivity index (χ0n) is 11.9. The molecule has 106 valence electrons. The molecule has 1 aromatic heterocycles. The lowest BCUT2D eigenvalue weighted by Gasteiger charge is -2.10. The number of nitrogens with zero attached hydrogens (tertiary/aromatic N) is 3. The molecule has 0 aliphatic heterocycles. The third kappa shape index (κ3) is 2.49. The Morgan fingerprint density at radius 2 is 2.10 bits per heavy atom. The summed E-state index contributed by atoms with van der Waals surface area (Å²) in [6, 6.07) is 4.68. The van der Waals surface area contributed by atoms with Gasteiger partial charge in [0, 0.05) is 5.92 Å². The number of carboxylic acids is 1. The van der Waals surface area contributed by atoms with E-state index in [1.807, 2.05) is 20.8 Å². The van der Waals surface area contributed by atoms with Crippen molar-refractivity contribution in [2.45, 2.75) is 26.7 Å². The largest absolute Gasteiger partial charge is 0.494 e. The van der Waals surface area contributed by atoms with Gasteiger partial charge in [-0.25, -0.2) is 14.5 Å². The molecular formula is C14H17N3O3. The van der Waals surface area contributed by atoms with Crippen molar-refractivity contribution in [2.75, 3.05) is 7.11 Å². The number of ether oxygens (including phenoxy) is 1. The third-order valence-corrected chi connectivity index (χ3v) is 2.96. The number of benzene rings is 1. The fourth-order valence-electron chi connectivity index (χ4n) is 1.87. The zero-order chi connectivity index (χ0) is 14.9. The minimum Gasteiger partial charge on any atom is -0.494 e. The van der Waals surface area contributed by atoms with E-state index in [-0.39, 0.29) is 11.5 Å². The average molecular weight is 275 g/mol. The Morgan fingerprint density at radius 3 is 2.60 bits per heavy atom. The van der Waals surface area contributed by atoms with Crippen LogP contribution in [0.1, 0.15) is 41.8 Å². The molecular weight excluding hydrogens is 258 g/mol. The van der Waals surface area contributed by atoms with E-state index in [2.05, 4.69) is 10.1 Å². The van der Waals surface area contributed by atoms with Gasteiger partial charge < -0.3 is 9.84 Å². The molecule has 0 radical (unpaired) electrons. The summed E-state index contributed by atoms with van der Waals surface area (Å²) in [6.07, 6.45) is 0. The summed E-state index contributed by atoms with van der Waals surface area (Å²) in [5, 5.41) is 13.4. The maximum absolute atomic E-state index is 11.0. The van der Waals surface area contributed by atoms with Crippen molar-refractivity contribution >= 4 is 5.97 Å². The number of hydrogen-bond donors (Lipinski definition) is 1. The van der Waals surface area contributed by atoms with Gasteiger partial charge in [-0.05, 0) is 25.1 Å². The summed E-state index contributed by atoms with van der Waals surface area (Å²) >= 11 is 0. The lowest BCUT2D eigenvalue weighted by Crippen LogP contribution is -2.05. The number of methoxy groups -OCH3 is 1. The van der Waals surface area contributed by atoms with E-state index in [0.717, 1.165) is 11.6 Å². The molecule has 1 N–H and O–H groups in total. The van der Waals surface area contributed by atoms with E-state index in [0.29, 0.717) is 11.4 Å². The van der Waals surface area contributed by atoms with Crippen LogP contribution in [0.25, 0.3) is 5.69 Å². The van der Waals surface area contributed by atoms with Crippen molar-refractivity contribution in [3.05, 3.63) is 35.4 Å². The number of hydrogen-bond acceptors (Lipinski definition) is 4. The maximum Gasteiger partial charge on any atom is 0.335 e. The van der Waals surface area contributed by atoms with Gasteiger partial charge in [-0.1, -0.05) is 13.8 Å². The highest BCUT2D eigenvalue weighted by Gasteiger charge is 2.15. The van der Waals surface area contributed by atoms with Crippen LogP contribution in [-0.2, 0) is 0 Å². The first-order valence-corrected chi connectivity index (χ1v) is 6.29.